The van der Waals surface area contributed by atoms with Gasteiger partial charge >= 0.3 is 5.97 Å². The molecule has 22 heavy (non-hydrogen) atoms. The Morgan fingerprint density at radius 1 is 1.32 bits per heavy atom. The van der Waals surface area contributed by atoms with Gasteiger partial charge in [-0.1, -0.05) is 13.8 Å². The second-order valence-corrected chi connectivity index (χ2v) is 5.84. The van der Waals surface area contributed by atoms with E-state index in [0.29, 0.717) is 24.2 Å². The molecule has 0 bridgehead atoms. The first-order chi connectivity index (χ1) is 10.5. The number of aromatic nitrogens is 1. The fourth-order valence-electron chi connectivity index (χ4n) is 2.84. The predicted molar refractivity (Wildman–Crippen MR) is 81.8 cm³/mol. The summed E-state index contributed by atoms with van der Waals surface area (Å²) in [4.78, 5) is 40.6. The van der Waals surface area contributed by atoms with Crippen molar-refractivity contribution >= 4 is 11.9 Å². The van der Waals surface area contributed by atoms with Crippen LogP contribution in [0.5, 0.6) is 0 Å². The number of ether oxygens (including phenoxy) is 1. The number of methoxy groups -OCH3 is 1. The molecule has 1 N–H and O–H groups in total. The van der Waals surface area contributed by atoms with Crippen molar-refractivity contribution in [1.29, 1.82) is 0 Å². The van der Waals surface area contributed by atoms with Crippen LogP contribution in [0.1, 0.15) is 55.1 Å². The number of hydrogen-bond donors (Lipinski definition) is 1. The van der Waals surface area contributed by atoms with Crippen molar-refractivity contribution < 1.29 is 14.3 Å². The maximum Gasteiger partial charge on any atom is 0.328 e. The Hall–Kier alpha value is -2.11. The van der Waals surface area contributed by atoms with E-state index < -0.39 is 6.04 Å². The fourth-order valence-corrected chi connectivity index (χ4v) is 2.84. The highest BCUT2D eigenvalue weighted by Gasteiger charge is 2.34. The highest BCUT2D eigenvalue weighted by Crippen LogP contribution is 2.23. The van der Waals surface area contributed by atoms with E-state index in [0.717, 1.165) is 12.8 Å². The molecule has 1 aromatic rings. The van der Waals surface area contributed by atoms with E-state index in [-0.39, 0.29) is 23.4 Å². The number of rotatable bonds is 3. The number of hydrogen-bond acceptors (Lipinski definition) is 4. The van der Waals surface area contributed by atoms with Gasteiger partial charge < -0.3 is 14.6 Å². The standard InChI is InChI=1S/C16H22N2O4/c1-10(2)14-11(7-8-13(19)17-14)15(20)18-9-5-4-6-12(18)16(21)22-3/h7-8,10,12H,4-6,9H2,1-3H3,(H,17,19). The monoisotopic (exact) mass is 306 g/mol. The van der Waals surface area contributed by atoms with E-state index in [1.54, 1.807) is 11.0 Å². The number of aromatic amines is 1. The Morgan fingerprint density at radius 2 is 2.05 bits per heavy atom. The van der Waals surface area contributed by atoms with Crippen molar-refractivity contribution in [2.75, 3.05) is 13.7 Å². The minimum absolute atomic E-state index is 0.00853. The molecular weight excluding hydrogens is 284 g/mol. The number of H-pyrrole nitrogens is 1. The number of piperidine rings is 1. The van der Waals surface area contributed by atoms with Crippen molar-refractivity contribution in [3.05, 3.63) is 33.7 Å². The van der Waals surface area contributed by atoms with Gasteiger partial charge in [0.1, 0.15) is 6.04 Å². The summed E-state index contributed by atoms with van der Waals surface area (Å²) in [5.41, 5.74) is 0.820. The topological polar surface area (TPSA) is 79.5 Å². The number of carbonyl (C=O) groups excluding carboxylic acids is 2. The minimum atomic E-state index is -0.543. The number of amides is 1. The summed E-state index contributed by atoms with van der Waals surface area (Å²) >= 11 is 0. The number of nitrogens with zero attached hydrogens (tertiary/aromatic N) is 1. The molecule has 1 aliphatic rings. The molecule has 1 aromatic heterocycles. The molecule has 2 heterocycles. The van der Waals surface area contributed by atoms with Gasteiger partial charge in [0.25, 0.3) is 5.91 Å². The number of pyridine rings is 1. The number of carbonyl (C=O) groups is 2. The Morgan fingerprint density at radius 3 is 2.68 bits per heavy atom. The minimum Gasteiger partial charge on any atom is -0.467 e. The SMILES string of the molecule is COC(=O)C1CCCCN1C(=O)c1ccc(=O)[nH]c1C(C)C. The van der Waals surface area contributed by atoms with Crippen LogP contribution in [-0.2, 0) is 9.53 Å². The summed E-state index contributed by atoms with van der Waals surface area (Å²) in [6.07, 6.45) is 2.37. The zero-order valence-electron chi connectivity index (χ0n) is 13.2. The maximum atomic E-state index is 12.9. The van der Waals surface area contributed by atoms with Crippen LogP contribution in [0.2, 0.25) is 0 Å². The van der Waals surface area contributed by atoms with Crippen LogP contribution in [0, 0.1) is 0 Å². The average Bonchev–Trinajstić information content (AvgIpc) is 2.53. The molecule has 6 heteroatoms. The Labute approximate surface area is 129 Å². The van der Waals surface area contributed by atoms with Gasteiger partial charge in [-0.05, 0) is 31.2 Å². The lowest BCUT2D eigenvalue weighted by atomic mass is 9.98. The second-order valence-electron chi connectivity index (χ2n) is 5.84. The Balaban J connectivity index is 2.37. The largest absolute Gasteiger partial charge is 0.467 e. The molecule has 0 saturated carbocycles. The average molecular weight is 306 g/mol. The van der Waals surface area contributed by atoms with Gasteiger partial charge in [0.05, 0.1) is 12.7 Å². The van der Waals surface area contributed by atoms with Gasteiger partial charge in [0.2, 0.25) is 5.56 Å². The normalized spacial score (nSPS) is 18.4. The molecule has 0 aromatic carbocycles. The predicted octanol–water partition coefficient (Wildman–Crippen LogP) is 1.67. The molecule has 1 amide bonds. The smallest absolute Gasteiger partial charge is 0.328 e. The number of likely N-dealkylation sites (tertiary alicyclic amines) is 1. The molecule has 6 nitrogen and oxygen atoms in total. The van der Waals surface area contributed by atoms with Crippen molar-refractivity contribution in [2.24, 2.45) is 0 Å². The van der Waals surface area contributed by atoms with Crippen molar-refractivity contribution in [2.45, 2.75) is 45.1 Å². The molecule has 1 unspecified atom stereocenters. The maximum absolute atomic E-state index is 12.9. The van der Waals surface area contributed by atoms with Crippen molar-refractivity contribution in [1.82, 2.24) is 9.88 Å². The summed E-state index contributed by atoms with van der Waals surface area (Å²) in [5, 5.41) is 0. The van der Waals surface area contributed by atoms with Gasteiger partial charge in [-0.15, -0.1) is 0 Å². The lowest BCUT2D eigenvalue weighted by Gasteiger charge is -2.34. The molecule has 0 spiro atoms. The summed E-state index contributed by atoms with van der Waals surface area (Å²) in [6.45, 7) is 4.35. The van der Waals surface area contributed by atoms with E-state index in [4.69, 9.17) is 4.74 Å². The molecule has 0 radical (unpaired) electrons. The second kappa shape index (κ2) is 6.77. The van der Waals surface area contributed by atoms with Gasteiger partial charge in [-0.3, -0.25) is 9.59 Å². The lowest BCUT2D eigenvalue weighted by Crippen LogP contribution is -2.48. The molecule has 1 fully saturated rings. The lowest BCUT2D eigenvalue weighted by molar-refractivity contribution is -0.147. The highest BCUT2D eigenvalue weighted by molar-refractivity contribution is 5.98. The van der Waals surface area contributed by atoms with Gasteiger partial charge in [0, 0.05) is 18.3 Å². The molecule has 2 rings (SSSR count). The van der Waals surface area contributed by atoms with E-state index in [1.807, 2.05) is 13.8 Å². The van der Waals surface area contributed by atoms with Crippen LogP contribution in [0.3, 0.4) is 0 Å². The third-order valence-electron chi connectivity index (χ3n) is 3.99. The summed E-state index contributed by atoms with van der Waals surface area (Å²) in [6, 6.07) is 2.34. The van der Waals surface area contributed by atoms with E-state index in [9.17, 15) is 14.4 Å². The molecule has 1 saturated heterocycles. The van der Waals surface area contributed by atoms with Crippen LogP contribution in [0.25, 0.3) is 0 Å². The molecule has 0 aliphatic carbocycles. The van der Waals surface area contributed by atoms with Crippen LogP contribution < -0.4 is 5.56 Å². The Bertz CT molecular complexity index is 621. The van der Waals surface area contributed by atoms with Crippen LogP contribution in [-0.4, -0.2) is 41.5 Å². The van der Waals surface area contributed by atoms with E-state index in [2.05, 4.69) is 4.98 Å². The van der Waals surface area contributed by atoms with Crippen LogP contribution in [0.15, 0.2) is 16.9 Å². The first-order valence-corrected chi connectivity index (χ1v) is 7.57. The molecule has 120 valence electrons. The summed E-state index contributed by atoms with van der Waals surface area (Å²) in [5.74, 6) is -0.604. The van der Waals surface area contributed by atoms with Gasteiger partial charge in [-0.25, -0.2) is 4.79 Å². The van der Waals surface area contributed by atoms with E-state index >= 15 is 0 Å². The zero-order valence-corrected chi connectivity index (χ0v) is 13.2. The first-order valence-electron chi connectivity index (χ1n) is 7.57. The summed E-state index contributed by atoms with van der Waals surface area (Å²) < 4.78 is 4.81. The van der Waals surface area contributed by atoms with Crippen LogP contribution in [0.4, 0.5) is 0 Å². The van der Waals surface area contributed by atoms with Crippen LogP contribution >= 0.6 is 0 Å². The quantitative estimate of drug-likeness (QED) is 0.861. The third-order valence-corrected chi connectivity index (χ3v) is 3.99. The fraction of sp³-hybridized carbons (Fsp3) is 0.562. The molecule has 1 atom stereocenters. The number of nitrogens with one attached hydrogen (secondary N) is 1. The number of esters is 1. The van der Waals surface area contributed by atoms with Gasteiger partial charge in [0.15, 0.2) is 0 Å². The highest BCUT2D eigenvalue weighted by atomic mass is 16.5. The van der Waals surface area contributed by atoms with Crippen molar-refractivity contribution in [3.8, 4) is 0 Å². The molecule has 1 aliphatic heterocycles. The summed E-state index contributed by atoms with van der Waals surface area (Å²) in [7, 11) is 1.33. The molecular formula is C16H22N2O4. The van der Waals surface area contributed by atoms with Gasteiger partial charge in [-0.2, -0.15) is 0 Å². The van der Waals surface area contributed by atoms with Crippen molar-refractivity contribution in [3.63, 3.8) is 0 Å². The van der Waals surface area contributed by atoms with E-state index in [1.165, 1.54) is 13.2 Å². The first kappa shape index (κ1) is 16.3. The zero-order chi connectivity index (χ0) is 16.3. The Kier molecular flexibility index (Phi) is 5.00. The third kappa shape index (κ3) is 3.21.